The maximum Gasteiger partial charge on any atom is 0.573 e. The van der Waals surface area contributed by atoms with Crippen LogP contribution < -0.4 is 10.1 Å². The van der Waals surface area contributed by atoms with E-state index in [-0.39, 0.29) is 5.91 Å². The van der Waals surface area contributed by atoms with E-state index in [2.05, 4.69) is 15.0 Å². The zero-order valence-corrected chi connectivity index (χ0v) is 14.4. The molecule has 5 nitrogen and oxygen atoms in total. The quantitative estimate of drug-likeness (QED) is 0.801. The molecule has 1 saturated heterocycles. The van der Waals surface area contributed by atoms with Gasteiger partial charge in [-0.1, -0.05) is 0 Å². The summed E-state index contributed by atoms with van der Waals surface area (Å²) in [6, 6.07) is 6.60. The van der Waals surface area contributed by atoms with E-state index >= 15 is 0 Å². The van der Waals surface area contributed by atoms with Gasteiger partial charge in [-0.05, 0) is 30.3 Å². The molecule has 0 aliphatic carbocycles. The molecule has 1 aromatic carbocycles. The van der Waals surface area contributed by atoms with E-state index in [4.69, 9.17) is 0 Å². The van der Waals surface area contributed by atoms with Crippen molar-refractivity contribution in [1.29, 1.82) is 0 Å². The standard InChI is InChI=1S/C18H17F4N3O2/c1-11(26)25-9-12(10-25)8-24-14-4-5-23-16(7-14)13-2-3-17(15(19)6-13)27-18(20,21)22/h2-7,12H,8-10H2,1H3,(H,23,24). The van der Waals surface area contributed by atoms with Crippen LogP contribution in [0.25, 0.3) is 11.3 Å². The van der Waals surface area contributed by atoms with Crippen LogP contribution in [-0.4, -0.2) is 41.8 Å². The van der Waals surface area contributed by atoms with E-state index in [1.807, 2.05) is 0 Å². The highest BCUT2D eigenvalue weighted by Gasteiger charge is 2.32. The maximum atomic E-state index is 13.9. The number of alkyl halides is 3. The van der Waals surface area contributed by atoms with Crippen molar-refractivity contribution in [3.05, 3.63) is 42.3 Å². The molecule has 1 amide bonds. The summed E-state index contributed by atoms with van der Waals surface area (Å²) in [4.78, 5) is 17.0. The van der Waals surface area contributed by atoms with Crippen LogP contribution in [0.1, 0.15) is 6.92 Å². The molecule has 0 atom stereocenters. The van der Waals surface area contributed by atoms with Gasteiger partial charge in [0.05, 0.1) is 5.69 Å². The Balaban J connectivity index is 1.65. The highest BCUT2D eigenvalue weighted by atomic mass is 19.4. The summed E-state index contributed by atoms with van der Waals surface area (Å²) in [5.74, 6) is -1.61. The molecule has 2 aromatic rings. The van der Waals surface area contributed by atoms with Crippen molar-refractivity contribution >= 4 is 11.6 Å². The van der Waals surface area contributed by atoms with Crippen molar-refractivity contribution in [2.75, 3.05) is 25.0 Å². The number of rotatable bonds is 5. The summed E-state index contributed by atoms with van der Waals surface area (Å²) in [7, 11) is 0. The molecule has 3 rings (SSSR count). The Hall–Kier alpha value is -2.84. The molecule has 2 heterocycles. The zero-order chi connectivity index (χ0) is 19.6. The minimum absolute atomic E-state index is 0.0532. The second-order valence-electron chi connectivity index (χ2n) is 6.29. The van der Waals surface area contributed by atoms with Crippen molar-refractivity contribution in [1.82, 2.24) is 9.88 Å². The molecule has 0 bridgehead atoms. The molecular weight excluding hydrogens is 366 g/mol. The third-order valence-corrected chi connectivity index (χ3v) is 4.21. The number of hydrogen-bond acceptors (Lipinski definition) is 4. The Kier molecular flexibility index (Phi) is 5.20. The number of aromatic nitrogens is 1. The Morgan fingerprint density at radius 3 is 2.67 bits per heavy atom. The van der Waals surface area contributed by atoms with Gasteiger partial charge >= 0.3 is 6.36 Å². The lowest BCUT2D eigenvalue weighted by atomic mass is 10.00. The average molecular weight is 383 g/mol. The number of amides is 1. The highest BCUT2D eigenvalue weighted by Crippen LogP contribution is 2.29. The van der Waals surface area contributed by atoms with E-state index in [9.17, 15) is 22.4 Å². The first-order valence-corrected chi connectivity index (χ1v) is 8.22. The lowest BCUT2D eigenvalue weighted by Crippen LogP contribution is -2.51. The average Bonchev–Trinajstić information content (AvgIpc) is 2.54. The molecule has 1 aliphatic heterocycles. The largest absolute Gasteiger partial charge is 0.573 e. The normalized spacial score (nSPS) is 14.6. The fourth-order valence-corrected chi connectivity index (χ4v) is 2.78. The van der Waals surface area contributed by atoms with E-state index in [0.29, 0.717) is 36.8 Å². The summed E-state index contributed by atoms with van der Waals surface area (Å²) in [5, 5.41) is 3.23. The van der Waals surface area contributed by atoms with E-state index in [0.717, 1.165) is 17.8 Å². The molecule has 1 fully saturated rings. The summed E-state index contributed by atoms with van der Waals surface area (Å²) >= 11 is 0. The van der Waals surface area contributed by atoms with Crippen molar-refractivity contribution < 1.29 is 27.1 Å². The Morgan fingerprint density at radius 1 is 1.30 bits per heavy atom. The lowest BCUT2D eigenvalue weighted by molar-refractivity contribution is -0.275. The molecule has 0 saturated carbocycles. The second kappa shape index (κ2) is 7.42. The molecule has 144 valence electrons. The van der Waals surface area contributed by atoms with Crippen LogP contribution in [0.15, 0.2) is 36.5 Å². The molecule has 1 aromatic heterocycles. The van der Waals surface area contributed by atoms with Crippen LogP contribution >= 0.6 is 0 Å². The zero-order valence-electron chi connectivity index (χ0n) is 14.4. The number of carbonyl (C=O) groups excluding carboxylic acids is 1. The number of nitrogens with zero attached hydrogens (tertiary/aromatic N) is 2. The molecule has 0 radical (unpaired) electrons. The van der Waals surface area contributed by atoms with Gasteiger partial charge in [0.2, 0.25) is 5.91 Å². The van der Waals surface area contributed by atoms with Gasteiger partial charge in [0.15, 0.2) is 11.6 Å². The highest BCUT2D eigenvalue weighted by molar-refractivity contribution is 5.74. The summed E-state index contributed by atoms with van der Waals surface area (Å²) in [6.07, 6.45) is -3.43. The van der Waals surface area contributed by atoms with E-state index in [1.165, 1.54) is 19.2 Å². The monoisotopic (exact) mass is 383 g/mol. The number of nitrogens with one attached hydrogen (secondary N) is 1. The minimum atomic E-state index is -4.95. The number of halogens is 4. The summed E-state index contributed by atoms with van der Waals surface area (Å²) < 4.78 is 54.2. The minimum Gasteiger partial charge on any atom is -0.403 e. The SMILES string of the molecule is CC(=O)N1CC(CNc2ccnc(-c3ccc(OC(F)(F)F)c(F)c3)c2)C1. The first-order valence-electron chi connectivity index (χ1n) is 8.22. The van der Waals surface area contributed by atoms with Gasteiger partial charge in [0.1, 0.15) is 0 Å². The number of pyridine rings is 1. The van der Waals surface area contributed by atoms with E-state index < -0.39 is 17.9 Å². The maximum absolute atomic E-state index is 13.9. The fourth-order valence-electron chi connectivity index (χ4n) is 2.78. The second-order valence-corrected chi connectivity index (χ2v) is 6.29. The number of benzene rings is 1. The lowest BCUT2D eigenvalue weighted by Gasteiger charge is -2.38. The van der Waals surface area contributed by atoms with Crippen molar-refractivity contribution in [2.45, 2.75) is 13.3 Å². The third kappa shape index (κ3) is 4.87. The summed E-state index contributed by atoms with van der Waals surface area (Å²) in [5.41, 5.74) is 1.49. The van der Waals surface area contributed by atoms with Crippen molar-refractivity contribution in [2.24, 2.45) is 5.92 Å². The first kappa shape index (κ1) is 18.9. The molecule has 0 unspecified atom stereocenters. The van der Waals surface area contributed by atoms with Gasteiger partial charge < -0.3 is 15.0 Å². The van der Waals surface area contributed by atoms with Gasteiger partial charge in [0, 0.05) is 49.9 Å². The van der Waals surface area contributed by atoms with Crippen LogP contribution in [0.2, 0.25) is 0 Å². The Bertz CT molecular complexity index is 836. The molecule has 9 heteroatoms. The van der Waals surface area contributed by atoms with Gasteiger partial charge in [-0.2, -0.15) is 0 Å². The Morgan fingerprint density at radius 2 is 2.04 bits per heavy atom. The van der Waals surface area contributed by atoms with Gasteiger partial charge in [0.25, 0.3) is 0 Å². The van der Waals surface area contributed by atoms with Crippen LogP contribution in [0.5, 0.6) is 5.75 Å². The van der Waals surface area contributed by atoms with Crippen molar-refractivity contribution in [3.8, 4) is 17.0 Å². The molecule has 1 N–H and O–H groups in total. The fraction of sp³-hybridized carbons (Fsp3) is 0.333. The van der Waals surface area contributed by atoms with Crippen molar-refractivity contribution in [3.63, 3.8) is 0 Å². The molecule has 27 heavy (non-hydrogen) atoms. The molecule has 0 spiro atoms. The number of anilines is 1. The Labute approximate surface area is 153 Å². The van der Waals surface area contributed by atoms with Crippen LogP contribution in [0.3, 0.4) is 0 Å². The van der Waals surface area contributed by atoms with Crippen LogP contribution in [-0.2, 0) is 4.79 Å². The predicted molar refractivity (Wildman–Crippen MR) is 90.5 cm³/mol. The molecule has 1 aliphatic rings. The molecular formula is C18H17F4N3O2. The van der Waals surface area contributed by atoms with Gasteiger partial charge in [-0.3, -0.25) is 9.78 Å². The van der Waals surface area contributed by atoms with Crippen LogP contribution in [0.4, 0.5) is 23.2 Å². The van der Waals surface area contributed by atoms with Gasteiger partial charge in [-0.15, -0.1) is 13.2 Å². The smallest absolute Gasteiger partial charge is 0.403 e. The van der Waals surface area contributed by atoms with E-state index in [1.54, 1.807) is 17.0 Å². The number of likely N-dealkylation sites (tertiary alicyclic amines) is 1. The predicted octanol–water partition coefficient (Wildman–Crippen LogP) is 3.68. The number of carbonyl (C=O) groups is 1. The first-order chi connectivity index (χ1) is 12.7. The number of ether oxygens (including phenoxy) is 1. The van der Waals surface area contributed by atoms with Gasteiger partial charge in [-0.25, -0.2) is 4.39 Å². The summed E-state index contributed by atoms with van der Waals surface area (Å²) in [6.45, 7) is 3.60. The topological polar surface area (TPSA) is 54.5 Å². The third-order valence-electron chi connectivity index (χ3n) is 4.21. The number of hydrogen-bond donors (Lipinski definition) is 1. The van der Waals surface area contributed by atoms with Crippen LogP contribution in [0, 0.1) is 11.7 Å².